The van der Waals surface area contributed by atoms with Gasteiger partial charge in [-0.05, 0) is 74.9 Å². The highest BCUT2D eigenvalue weighted by atomic mass is 32.2. The maximum atomic E-state index is 14.0. The summed E-state index contributed by atoms with van der Waals surface area (Å²) in [6.07, 6.45) is 1.49. The molecule has 1 fully saturated rings. The fourth-order valence-corrected chi connectivity index (χ4v) is 6.27. The first-order valence-corrected chi connectivity index (χ1v) is 12.5. The van der Waals surface area contributed by atoms with Crippen LogP contribution in [0.2, 0.25) is 0 Å². The number of nitrogens with one attached hydrogen (secondary N) is 2. The summed E-state index contributed by atoms with van der Waals surface area (Å²) in [6.45, 7) is 3.33. The minimum atomic E-state index is -4.03. The van der Waals surface area contributed by atoms with E-state index in [2.05, 4.69) is 9.44 Å². The van der Waals surface area contributed by atoms with Crippen molar-refractivity contribution in [3.8, 4) is 0 Å². The first-order valence-electron chi connectivity index (χ1n) is 9.55. The highest BCUT2D eigenvalue weighted by molar-refractivity contribution is 7.89. The van der Waals surface area contributed by atoms with E-state index < -0.39 is 53.6 Å². The Kier molecular flexibility index (Phi) is 6.61. The minimum absolute atomic E-state index is 0.371. The van der Waals surface area contributed by atoms with Gasteiger partial charge in [-0.25, -0.2) is 35.1 Å². The van der Waals surface area contributed by atoms with Crippen LogP contribution in [0.3, 0.4) is 0 Å². The Bertz CT molecular complexity index is 1050. The van der Waals surface area contributed by atoms with Crippen molar-refractivity contribution in [1.82, 2.24) is 9.44 Å². The van der Waals surface area contributed by atoms with Crippen LogP contribution in [-0.4, -0.2) is 28.9 Å². The number of hydrogen-bond donors (Lipinski definition) is 2. The molecular formula is C20H24F2N2O4S2. The molecule has 1 aliphatic carbocycles. The SMILES string of the molecule is Cc1ccc(S(=O)(=O)NC2CCC(NS(=O)(=O)c3ccc(C)cc3F)CC2)c(F)c1. The second-order valence-electron chi connectivity index (χ2n) is 7.66. The second kappa shape index (κ2) is 8.70. The molecule has 0 atom stereocenters. The van der Waals surface area contributed by atoms with Gasteiger partial charge in [-0.3, -0.25) is 0 Å². The van der Waals surface area contributed by atoms with E-state index in [-0.39, 0.29) is 0 Å². The second-order valence-corrected chi connectivity index (χ2v) is 11.0. The molecule has 0 radical (unpaired) electrons. The maximum absolute atomic E-state index is 14.0. The van der Waals surface area contributed by atoms with Crippen LogP contribution in [0.5, 0.6) is 0 Å². The van der Waals surface area contributed by atoms with Gasteiger partial charge in [0.1, 0.15) is 21.4 Å². The zero-order chi connectivity index (χ0) is 22.1. The van der Waals surface area contributed by atoms with Crippen LogP contribution in [0.15, 0.2) is 46.2 Å². The molecule has 2 aromatic carbocycles. The van der Waals surface area contributed by atoms with Crippen LogP contribution in [0.25, 0.3) is 0 Å². The van der Waals surface area contributed by atoms with Crippen molar-refractivity contribution in [2.45, 2.75) is 61.4 Å². The average molecular weight is 459 g/mol. The minimum Gasteiger partial charge on any atom is -0.208 e. The molecule has 30 heavy (non-hydrogen) atoms. The highest BCUT2D eigenvalue weighted by Gasteiger charge is 2.30. The van der Waals surface area contributed by atoms with Crippen molar-refractivity contribution in [3.63, 3.8) is 0 Å². The topological polar surface area (TPSA) is 92.3 Å². The Morgan fingerprint density at radius 1 is 0.700 bits per heavy atom. The predicted molar refractivity (Wildman–Crippen MR) is 109 cm³/mol. The van der Waals surface area contributed by atoms with Gasteiger partial charge in [0.05, 0.1) is 0 Å². The van der Waals surface area contributed by atoms with Crippen LogP contribution in [0.4, 0.5) is 8.78 Å². The molecule has 10 heteroatoms. The third-order valence-electron chi connectivity index (χ3n) is 5.12. The molecule has 3 rings (SSSR count). The van der Waals surface area contributed by atoms with E-state index in [1.165, 1.54) is 24.3 Å². The lowest BCUT2D eigenvalue weighted by Gasteiger charge is -2.29. The molecular weight excluding hydrogens is 434 g/mol. The normalized spacial score (nSPS) is 20.3. The zero-order valence-corrected chi connectivity index (χ0v) is 18.3. The summed E-state index contributed by atoms with van der Waals surface area (Å²) in [6, 6.07) is 6.93. The summed E-state index contributed by atoms with van der Waals surface area (Å²) in [4.78, 5) is -0.823. The summed E-state index contributed by atoms with van der Waals surface area (Å²) >= 11 is 0. The van der Waals surface area contributed by atoms with Crippen LogP contribution >= 0.6 is 0 Å². The number of sulfonamides is 2. The van der Waals surface area contributed by atoms with Crippen molar-refractivity contribution >= 4 is 20.0 Å². The number of rotatable bonds is 6. The first-order chi connectivity index (χ1) is 14.0. The van der Waals surface area contributed by atoms with Gasteiger partial charge in [0.2, 0.25) is 20.0 Å². The molecule has 0 saturated heterocycles. The van der Waals surface area contributed by atoms with E-state index in [1.54, 1.807) is 13.8 Å². The van der Waals surface area contributed by atoms with Gasteiger partial charge >= 0.3 is 0 Å². The van der Waals surface area contributed by atoms with Crippen LogP contribution < -0.4 is 9.44 Å². The van der Waals surface area contributed by atoms with Gasteiger partial charge in [-0.1, -0.05) is 12.1 Å². The molecule has 2 aromatic rings. The van der Waals surface area contributed by atoms with Crippen molar-refractivity contribution in [2.75, 3.05) is 0 Å². The van der Waals surface area contributed by atoms with Crippen molar-refractivity contribution in [2.24, 2.45) is 0 Å². The van der Waals surface area contributed by atoms with E-state index in [9.17, 15) is 25.6 Å². The standard InChI is InChI=1S/C20H24F2N2O4S2/c1-13-3-9-19(17(21)11-13)29(25,26)23-15-5-7-16(8-6-15)24-30(27,28)20-10-4-14(2)12-18(20)22/h3-4,9-12,15-16,23-24H,5-8H2,1-2H3. The molecule has 0 unspecified atom stereocenters. The third-order valence-corrected chi connectivity index (χ3v) is 8.23. The van der Waals surface area contributed by atoms with E-state index in [4.69, 9.17) is 0 Å². The van der Waals surface area contributed by atoms with Crippen LogP contribution in [0.1, 0.15) is 36.8 Å². The summed E-state index contributed by atoms with van der Waals surface area (Å²) in [7, 11) is -8.05. The largest absolute Gasteiger partial charge is 0.243 e. The highest BCUT2D eigenvalue weighted by Crippen LogP contribution is 2.24. The molecule has 0 aliphatic heterocycles. The van der Waals surface area contributed by atoms with Crippen LogP contribution in [-0.2, 0) is 20.0 Å². The Labute approximate surface area is 175 Å². The van der Waals surface area contributed by atoms with E-state index in [1.807, 2.05) is 0 Å². The molecule has 2 N–H and O–H groups in total. The molecule has 0 bridgehead atoms. The van der Waals surface area contributed by atoms with E-state index in [0.29, 0.717) is 36.8 Å². The van der Waals surface area contributed by atoms with E-state index >= 15 is 0 Å². The summed E-state index contributed by atoms with van der Waals surface area (Å²) in [5, 5.41) is 0. The Hall–Kier alpha value is -1.88. The lowest BCUT2D eigenvalue weighted by molar-refractivity contribution is 0.355. The number of hydrogen-bond acceptors (Lipinski definition) is 4. The maximum Gasteiger partial charge on any atom is 0.243 e. The molecule has 1 aliphatic rings. The smallest absolute Gasteiger partial charge is 0.208 e. The van der Waals surface area contributed by atoms with Crippen molar-refractivity contribution in [1.29, 1.82) is 0 Å². The molecule has 1 saturated carbocycles. The lowest BCUT2D eigenvalue weighted by Crippen LogP contribution is -2.44. The molecule has 164 valence electrons. The molecule has 0 aromatic heterocycles. The van der Waals surface area contributed by atoms with E-state index in [0.717, 1.165) is 12.1 Å². The van der Waals surface area contributed by atoms with Gasteiger partial charge in [-0.15, -0.1) is 0 Å². The molecule has 0 amide bonds. The fraction of sp³-hybridized carbons (Fsp3) is 0.400. The van der Waals surface area contributed by atoms with Gasteiger partial charge in [0.25, 0.3) is 0 Å². The summed E-state index contributed by atoms with van der Waals surface area (Å²) in [5.74, 6) is -1.63. The van der Waals surface area contributed by atoms with Gasteiger partial charge in [-0.2, -0.15) is 0 Å². The Morgan fingerprint density at radius 3 is 1.33 bits per heavy atom. The van der Waals surface area contributed by atoms with Gasteiger partial charge < -0.3 is 0 Å². The number of halogens is 2. The summed E-state index contributed by atoms with van der Waals surface area (Å²) in [5.41, 5.74) is 1.23. The third kappa shape index (κ3) is 5.23. The van der Waals surface area contributed by atoms with Crippen molar-refractivity contribution < 1.29 is 25.6 Å². The summed E-state index contributed by atoms with van der Waals surface area (Å²) < 4.78 is 83.0. The quantitative estimate of drug-likeness (QED) is 0.696. The van der Waals surface area contributed by atoms with Crippen molar-refractivity contribution in [3.05, 3.63) is 59.2 Å². The first kappa shape index (κ1) is 22.8. The molecule has 0 heterocycles. The fourth-order valence-electron chi connectivity index (χ4n) is 3.54. The zero-order valence-electron chi connectivity index (χ0n) is 16.7. The monoisotopic (exact) mass is 458 g/mol. The molecule has 0 spiro atoms. The number of benzene rings is 2. The molecule has 6 nitrogen and oxygen atoms in total. The predicted octanol–water partition coefficient (Wildman–Crippen LogP) is 3.15. The van der Waals surface area contributed by atoms with Gasteiger partial charge in [0.15, 0.2) is 0 Å². The average Bonchev–Trinajstić information content (AvgIpc) is 2.62. The van der Waals surface area contributed by atoms with Gasteiger partial charge in [0, 0.05) is 12.1 Å². The number of aryl methyl sites for hydroxylation is 2. The Balaban J connectivity index is 1.62. The Morgan fingerprint density at radius 2 is 1.03 bits per heavy atom. The lowest BCUT2D eigenvalue weighted by atomic mass is 9.92. The van der Waals surface area contributed by atoms with Crippen LogP contribution in [0, 0.1) is 25.5 Å².